The Morgan fingerprint density at radius 1 is 1.07 bits per heavy atom. The molecule has 1 amide bonds. The fourth-order valence-corrected chi connectivity index (χ4v) is 3.28. The first kappa shape index (κ1) is 20.3. The standard InChI is InChI=1S/C23H18Cl2N2O3/c1-2-14-3-10-21-20(11-14)27-23(30-21)18-12-16(6-9-19(18)25)26-22(28)13-29-17-7-4-15(24)5-8-17/h3-12H,2,13H2,1H3,(H,26,28). The van der Waals surface area contributed by atoms with Gasteiger partial charge in [-0.25, -0.2) is 4.98 Å². The van der Waals surface area contributed by atoms with Crippen LogP contribution in [0.5, 0.6) is 5.75 Å². The zero-order chi connectivity index (χ0) is 21.1. The van der Waals surface area contributed by atoms with Gasteiger partial charge < -0.3 is 14.5 Å². The van der Waals surface area contributed by atoms with Crippen molar-refractivity contribution in [2.45, 2.75) is 13.3 Å². The summed E-state index contributed by atoms with van der Waals surface area (Å²) < 4.78 is 11.3. The summed E-state index contributed by atoms with van der Waals surface area (Å²) in [4.78, 5) is 16.8. The van der Waals surface area contributed by atoms with Gasteiger partial charge in [-0.3, -0.25) is 4.79 Å². The number of nitrogens with zero attached hydrogens (tertiary/aromatic N) is 1. The van der Waals surface area contributed by atoms with E-state index in [1.165, 1.54) is 5.56 Å². The Bertz CT molecular complexity index is 1200. The number of ether oxygens (including phenoxy) is 1. The molecule has 152 valence electrons. The summed E-state index contributed by atoms with van der Waals surface area (Å²) in [5.74, 6) is 0.657. The number of halogens is 2. The third kappa shape index (κ3) is 4.58. The molecule has 0 aliphatic carbocycles. The molecule has 30 heavy (non-hydrogen) atoms. The van der Waals surface area contributed by atoms with Crippen molar-refractivity contribution in [1.29, 1.82) is 0 Å². The molecule has 4 rings (SSSR count). The van der Waals surface area contributed by atoms with Crippen molar-refractivity contribution in [1.82, 2.24) is 4.98 Å². The predicted octanol–water partition coefficient (Wildman–Crippen LogP) is 6.38. The Morgan fingerprint density at radius 2 is 1.87 bits per heavy atom. The van der Waals surface area contributed by atoms with E-state index in [9.17, 15) is 4.79 Å². The molecule has 0 aliphatic rings. The molecule has 1 N–H and O–H groups in total. The number of oxazole rings is 1. The van der Waals surface area contributed by atoms with E-state index >= 15 is 0 Å². The Labute approximate surface area is 183 Å². The summed E-state index contributed by atoms with van der Waals surface area (Å²) in [6.45, 7) is 1.95. The van der Waals surface area contributed by atoms with E-state index < -0.39 is 0 Å². The molecule has 0 atom stereocenters. The van der Waals surface area contributed by atoms with Gasteiger partial charge in [0.25, 0.3) is 5.91 Å². The van der Waals surface area contributed by atoms with Crippen LogP contribution < -0.4 is 10.1 Å². The van der Waals surface area contributed by atoms with Gasteiger partial charge in [-0.2, -0.15) is 0 Å². The highest BCUT2D eigenvalue weighted by atomic mass is 35.5. The first-order chi connectivity index (χ1) is 14.5. The monoisotopic (exact) mass is 440 g/mol. The van der Waals surface area contributed by atoms with Crippen molar-refractivity contribution in [3.05, 3.63) is 76.3 Å². The number of hydrogen-bond acceptors (Lipinski definition) is 4. The first-order valence-electron chi connectivity index (χ1n) is 9.39. The molecule has 0 saturated heterocycles. The molecular formula is C23H18Cl2N2O3. The third-order valence-corrected chi connectivity index (χ3v) is 5.11. The van der Waals surface area contributed by atoms with Crippen LogP contribution in [0.4, 0.5) is 5.69 Å². The number of fused-ring (bicyclic) bond motifs is 1. The van der Waals surface area contributed by atoms with Crippen LogP contribution in [0.3, 0.4) is 0 Å². The zero-order valence-electron chi connectivity index (χ0n) is 16.1. The molecular weight excluding hydrogens is 423 g/mol. The topological polar surface area (TPSA) is 64.4 Å². The van der Waals surface area contributed by atoms with Gasteiger partial charge in [0, 0.05) is 10.7 Å². The number of rotatable bonds is 6. The molecule has 4 aromatic rings. The first-order valence-corrected chi connectivity index (χ1v) is 10.1. The highest BCUT2D eigenvalue weighted by molar-refractivity contribution is 6.33. The van der Waals surface area contributed by atoms with Crippen molar-refractivity contribution in [3.63, 3.8) is 0 Å². The number of carbonyl (C=O) groups is 1. The maximum atomic E-state index is 12.3. The average molecular weight is 441 g/mol. The predicted molar refractivity (Wildman–Crippen MR) is 119 cm³/mol. The number of carbonyl (C=O) groups excluding carboxylic acids is 1. The fourth-order valence-electron chi connectivity index (χ4n) is 2.95. The van der Waals surface area contributed by atoms with Crippen LogP contribution in [0, 0.1) is 0 Å². The largest absolute Gasteiger partial charge is 0.484 e. The minimum Gasteiger partial charge on any atom is -0.484 e. The molecule has 1 heterocycles. The van der Waals surface area contributed by atoms with E-state index in [-0.39, 0.29) is 12.5 Å². The lowest BCUT2D eigenvalue weighted by Gasteiger charge is -2.09. The van der Waals surface area contributed by atoms with Gasteiger partial charge in [0.05, 0.1) is 10.6 Å². The highest BCUT2D eigenvalue weighted by Crippen LogP contribution is 2.32. The van der Waals surface area contributed by atoms with Crippen LogP contribution in [-0.2, 0) is 11.2 Å². The Kier molecular flexibility index (Phi) is 5.93. The van der Waals surface area contributed by atoms with Crippen LogP contribution in [0.15, 0.2) is 65.1 Å². The molecule has 0 unspecified atom stereocenters. The maximum Gasteiger partial charge on any atom is 0.262 e. The minimum atomic E-state index is -0.302. The molecule has 0 bridgehead atoms. The zero-order valence-corrected chi connectivity index (χ0v) is 17.6. The number of aryl methyl sites for hydroxylation is 1. The maximum absolute atomic E-state index is 12.3. The van der Waals surface area contributed by atoms with E-state index in [1.807, 2.05) is 18.2 Å². The van der Waals surface area contributed by atoms with Crippen LogP contribution >= 0.6 is 23.2 Å². The molecule has 0 spiro atoms. The Hall–Kier alpha value is -3.02. The second kappa shape index (κ2) is 8.78. The van der Waals surface area contributed by atoms with Gasteiger partial charge >= 0.3 is 0 Å². The number of benzene rings is 3. The van der Waals surface area contributed by atoms with Crippen molar-refractivity contribution >= 4 is 45.9 Å². The molecule has 0 saturated carbocycles. The number of hydrogen-bond donors (Lipinski definition) is 1. The Balaban J connectivity index is 1.50. The number of aromatic nitrogens is 1. The molecule has 0 radical (unpaired) electrons. The van der Waals surface area contributed by atoms with Gasteiger partial charge in [-0.1, -0.05) is 36.2 Å². The van der Waals surface area contributed by atoms with Gasteiger partial charge in [-0.05, 0) is 66.6 Å². The molecule has 3 aromatic carbocycles. The van der Waals surface area contributed by atoms with Crippen LogP contribution in [0.1, 0.15) is 12.5 Å². The van der Waals surface area contributed by atoms with Crippen molar-refractivity contribution in [2.24, 2.45) is 0 Å². The quantitative estimate of drug-likeness (QED) is 0.377. The molecule has 7 heteroatoms. The summed E-state index contributed by atoms with van der Waals surface area (Å²) in [6, 6.07) is 17.8. The van der Waals surface area contributed by atoms with Gasteiger partial charge in [-0.15, -0.1) is 0 Å². The number of nitrogens with one attached hydrogen (secondary N) is 1. The second-order valence-corrected chi connectivity index (χ2v) is 7.50. The lowest BCUT2D eigenvalue weighted by Crippen LogP contribution is -2.20. The SMILES string of the molecule is CCc1ccc2oc(-c3cc(NC(=O)COc4ccc(Cl)cc4)ccc3Cl)nc2c1. The van der Waals surface area contributed by atoms with Crippen LogP contribution in [0.2, 0.25) is 10.0 Å². The van der Waals surface area contributed by atoms with Gasteiger partial charge in [0.15, 0.2) is 12.2 Å². The van der Waals surface area contributed by atoms with Gasteiger partial charge in [0.1, 0.15) is 11.3 Å². The fraction of sp³-hybridized carbons (Fsp3) is 0.130. The summed E-state index contributed by atoms with van der Waals surface area (Å²) >= 11 is 12.2. The van der Waals surface area contributed by atoms with Crippen molar-refractivity contribution < 1.29 is 13.9 Å². The van der Waals surface area contributed by atoms with Crippen molar-refractivity contribution in [3.8, 4) is 17.2 Å². The highest BCUT2D eigenvalue weighted by Gasteiger charge is 2.14. The second-order valence-electron chi connectivity index (χ2n) is 6.66. The molecule has 5 nitrogen and oxygen atoms in total. The summed E-state index contributed by atoms with van der Waals surface area (Å²) in [6.07, 6.45) is 0.915. The minimum absolute atomic E-state index is 0.137. The van der Waals surface area contributed by atoms with Crippen LogP contribution in [-0.4, -0.2) is 17.5 Å². The summed E-state index contributed by atoms with van der Waals surface area (Å²) in [7, 11) is 0. The van der Waals surface area contributed by atoms with E-state index in [2.05, 4.69) is 17.2 Å². The number of amides is 1. The summed E-state index contributed by atoms with van der Waals surface area (Å²) in [5.41, 5.74) is 3.79. The lowest BCUT2D eigenvalue weighted by molar-refractivity contribution is -0.118. The van der Waals surface area contributed by atoms with Crippen LogP contribution in [0.25, 0.3) is 22.6 Å². The van der Waals surface area contributed by atoms with E-state index in [4.69, 9.17) is 32.4 Å². The van der Waals surface area contributed by atoms with Gasteiger partial charge in [0.2, 0.25) is 5.89 Å². The van der Waals surface area contributed by atoms with Crippen molar-refractivity contribution in [2.75, 3.05) is 11.9 Å². The smallest absolute Gasteiger partial charge is 0.262 e. The van der Waals surface area contributed by atoms with E-state index in [1.54, 1.807) is 42.5 Å². The number of anilines is 1. The molecule has 0 aliphatic heterocycles. The van der Waals surface area contributed by atoms with E-state index in [0.717, 1.165) is 11.9 Å². The normalized spacial score (nSPS) is 10.9. The third-order valence-electron chi connectivity index (χ3n) is 4.52. The van der Waals surface area contributed by atoms with E-state index in [0.29, 0.717) is 38.5 Å². The molecule has 0 fully saturated rings. The average Bonchev–Trinajstić information content (AvgIpc) is 3.17. The summed E-state index contributed by atoms with van der Waals surface area (Å²) in [5, 5.41) is 3.88. The lowest BCUT2D eigenvalue weighted by atomic mass is 10.1. The molecule has 1 aromatic heterocycles. The Morgan fingerprint density at radius 3 is 2.63 bits per heavy atom.